The van der Waals surface area contributed by atoms with Crippen LogP contribution in [0.1, 0.15) is 19.0 Å². The molecule has 0 aliphatic rings. The smallest absolute Gasteiger partial charge is 0.0632 e. The van der Waals surface area contributed by atoms with E-state index >= 15 is 0 Å². The Morgan fingerprint density at radius 1 is 1.75 bits per heavy atom. The third kappa shape index (κ3) is 2.21. The Kier molecular flexibility index (Phi) is 3.53. The predicted molar refractivity (Wildman–Crippen MR) is 55.3 cm³/mol. The third-order valence-corrected chi connectivity index (χ3v) is 2.24. The second-order valence-corrected chi connectivity index (χ2v) is 3.50. The topological polar surface area (TPSA) is 17.8 Å². The lowest BCUT2D eigenvalue weighted by atomic mass is 10.2. The van der Waals surface area contributed by atoms with E-state index in [1.807, 2.05) is 24.0 Å². The van der Waals surface area contributed by atoms with E-state index < -0.39 is 0 Å². The number of aromatic nitrogens is 2. The van der Waals surface area contributed by atoms with E-state index in [9.17, 15) is 0 Å². The molecule has 1 heterocycles. The van der Waals surface area contributed by atoms with Crippen molar-refractivity contribution in [1.82, 2.24) is 9.78 Å². The molecule has 0 radical (unpaired) electrons. The molecule has 1 rings (SSSR count). The van der Waals surface area contributed by atoms with Crippen molar-refractivity contribution < 1.29 is 0 Å². The molecule has 0 spiro atoms. The maximum atomic E-state index is 4.11. The molecule has 0 amide bonds. The first-order chi connectivity index (χ1) is 5.75. The lowest BCUT2D eigenvalue weighted by molar-refractivity contribution is 0.755. The van der Waals surface area contributed by atoms with Gasteiger partial charge in [0.25, 0.3) is 0 Å². The third-order valence-electron chi connectivity index (χ3n) is 1.78. The van der Waals surface area contributed by atoms with E-state index in [-0.39, 0.29) is 0 Å². The van der Waals surface area contributed by atoms with Crippen molar-refractivity contribution in [3.8, 4) is 0 Å². The molecule has 3 heteroatoms. The van der Waals surface area contributed by atoms with Gasteiger partial charge in [0.05, 0.1) is 5.69 Å². The average molecular weight is 229 g/mol. The Hall–Kier alpha value is -0.570. The van der Waals surface area contributed by atoms with Gasteiger partial charge in [-0.05, 0) is 25.0 Å². The second-order valence-electron chi connectivity index (χ2n) is 2.70. The van der Waals surface area contributed by atoms with Gasteiger partial charge in [0.2, 0.25) is 0 Å². The van der Waals surface area contributed by atoms with E-state index in [1.165, 1.54) is 11.3 Å². The Bertz CT molecular complexity index is 276. The van der Waals surface area contributed by atoms with Gasteiger partial charge < -0.3 is 0 Å². The lowest BCUT2D eigenvalue weighted by Gasteiger charge is -2.00. The molecule has 0 fully saturated rings. The van der Waals surface area contributed by atoms with Gasteiger partial charge in [-0.1, -0.05) is 22.0 Å². The first-order valence-corrected chi connectivity index (χ1v) is 5.09. The summed E-state index contributed by atoms with van der Waals surface area (Å²) in [4.78, 5) is 0. The number of nitrogens with zero attached hydrogens (tertiary/aromatic N) is 2. The zero-order valence-corrected chi connectivity index (χ0v) is 9.00. The molecule has 1 aromatic rings. The minimum absolute atomic E-state index is 1.02. The van der Waals surface area contributed by atoms with Gasteiger partial charge in [-0.15, -0.1) is 0 Å². The molecule has 2 nitrogen and oxygen atoms in total. The fourth-order valence-electron chi connectivity index (χ4n) is 1.14. The fraction of sp³-hybridized carbons (Fsp3) is 0.444. The first-order valence-electron chi connectivity index (χ1n) is 3.97. The minimum Gasteiger partial charge on any atom is -0.268 e. The van der Waals surface area contributed by atoms with Crippen molar-refractivity contribution in [3.63, 3.8) is 0 Å². The summed E-state index contributed by atoms with van der Waals surface area (Å²) in [5, 5.41) is 5.13. The van der Waals surface area contributed by atoms with Crippen LogP contribution in [-0.2, 0) is 7.05 Å². The second kappa shape index (κ2) is 4.45. The molecule has 0 saturated heterocycles. The lowest BCUT2D eigenvalue weighted by Crippen LogP contribution is -1.95. The van der Waals surface area contributed by atoms with Crippen LogP contribution in [0, 0.1) is 0 Å². The summed E-state index contributed by atoms with van der Waals surface area (Å²) >= 11 is 3.39. The number of rotatable bonds is 3. The highest BCUT2D eigenvalue weighted by atomic mass is 79.9. The number of hydrogen-bond acceptors (Lipinski definition) is 1. The van der Waals surface area contributed by atoms with Crippen molar-refractivity contribution in [1.29, 1.82) is 0 Å². The monoisotopic (exact) mass is 228 g/mol. The summed E-state index contributed by atoms with van der Waals surface area (Å²) in [6.45, 7) is 2.11. The maximum Gasteiger partial charge on any atom is 0.0632 e. The van der Waals surface area contributed by atoms with E-state index in [1.54, 1.807) is 0 Å². The van der Waals surface area contributed by atoms with Crippen molar-refractivity contribution in [2.75, 3.05) is 5.33 Å². The highest BCUT2D eigenvalue weighted by molar-refractivity contribution is 9.09. The van der Waals surface area contributed by atoms with Crippen LogP contribution < -0.4 is 0 Å². The molecule has 0 atom stereocenters. The van der Waals surface area contributed by atoms with Crippen molar-refractivity contribution in [2.45, 2.75) is 13.3 Å². The van der Waals surface area contributed by atoms with Crippen LogP contribution in [0.25, 0.3) is 5.57 Å². The van der Waals surface area contributed by atoms with Crippen molar-refractivity contribution >= 4 is 21.5 Å². The van der Waals surface area contributed by atoms with Gasteiger partial charge in [-0.2, -0.15) is 5.10 Å². The summed E-state index contributed by atoms with van der Waals surface area (Å²) < 4.78 is 1.89. The molecule has 0 aliphatic carbocycles. The molecule has 12 heavy (non-hydrogen) atoms. The highest BCUT2D eigenvalue weighted by Crippen LogP contribution is 2.12. The van der Waals surface area contributed by atoms with Crippen LogP contribution in [0.2, 0.25) is 0 Å². The molecule has 0 unspecified atom stereocenters. The van der Waals surface area contributed by atoms with E-state index in [0.29, 0.717) is 0 Å². The standard InChI is InChI=1S/C9H13BrN2/c1-8(4-3-6-10)9-5-7-11-12(9)2/h4-5,7H,3,6H2,1-2H3. The molecule has 0 bridgehead atoms. The summed E-state index contributed by atoms with van der Waals surface area (Å²) in [5.74, 6) is 0. The number of allylic oxidation sites excluding steroid dienone is 2. The quantitative estimate of drug-likeness (QED) is 0.728. The van der Waals surface area contributed by atoms with Crippen LogP contribution in [-0.4, -0.2) is 15.1 Å². The Balaban J connectivity index is 2.77. The normalized spacial score (nSPS) is 12.1. The van der Waals surface area contributed by atoms with Crippen LogP contribution in [0.3, 0.4) is 0 Å². The Morgan fingerprint density at radius 2 is 2.50 bits per heavy atom. The van der Waals surface area contributed by atoms with Crippen LogP contribution in [0.4, 0.5) is 0 Å². The zero-order valence-electron chi connectivity index (χ0n) is 7.42. The molecule has 66 valence electrons. The molecule has 0 saturated carbocycles. The molecule has 1 aromatic heterocycles. The molecular weight excluding hydrogens is 216 g/mol. The van der Waals surface area contributed by atoms with Gasteiger partial charge in [0, 0.05) is 18.6 Å². The molecular formula is C9H13BrN2. The summed E-state index contributed by atoms with van der Waals surface area (Å²) in [5.41, 5.74) is 2.48. The zero-order chi connectivity index (χ0) is 8.97. The van der Waals surface area contributed by atoms with Gasteiger partial charge >= 0.3 is 0 Å². The van der Waals surface area contributed by atoms with E-state index in [0.717, 1.165) is 11.8 Å². The van der Waals surface area contributed by atoms with Gasteiger partial charge in [-0.3, -0.25) is 4.68 Å². The maximum absolute atomic E-state index is 4.11. The van der Waals surface area contributed by atoms with E-state index in [4.69, 9.17) is 0 Å². The highest BCUT2D eigenvalue weighted by Gasteiger charge is 1.98. The summed E-state index contributed by atoms with van der Waals surface area (Å²) in [6, 6.07) is 2.03. The summed E-state index contributed by atoms with van der Waals surface area (Å²) in [6.07, 6.45) is 5.10. The molecule has 0 aliphatic heterocycles. The molecule has 0 aromatic carbocycles. The van der Waals surface area contributed by atoms with Crippen LogP contribution in [0.5, 0.6) is 0 Å². The average Bonchev–Trinajstić information content (AvgIpc) is 2.47. The largest absolute Gasteiger partial charge is 0.268 e. The first kappa shape index (κ1) is 9.52. The van der Waals surface area contributed by atoms with Gasteiger partial charge in [0.1, 0.15) is 0 Å². The number of hydrogen-bond donors (Lipinski definition) is 0. The van der Waals surface area contributed by atoms with Crippen molar-refractivity contribution in [3.05, 3.63) is 24.0 Å². The van der Waals surface area contributed by atoms with Gasteiger partial charge in [0.15, 0.2) is 0 Å². The van der Waals surface area contributed by atoms with E-state index in [2.05, 4.69) is 34.0 Å². The van der Waals surface area contributed by atoms with Crippen LogP contribution >= 0.6 is 15.9 Å². The van der Waals surface area contributed by atoms with Gasteiger partial charge in [-0.25, -0.2) is 0 Å². The van der Waals surface area contributed by atoms with Crippen molar-refractivity contribution in [2.24, 2.45) is 7.05 Å². The fourth-order valence-corrected chi connectivity index (χ4v) is 1.37. The Labute approximate surface area is 81.4 Å². The summed E-state index contributed by atoms with van der Waals surface area (Å²) in [7, 11) is 1.96. The predicted octanol–water partition coefficient (Wildman–Crippen LogP) is 2.61. The number of alkyl halides is 1. The Morgan fingerprint density at radius 3 is 3.00 bits per heavy atom. The molecule has 0 N–H and O–H groups in total. The number of halogens is 1. The minimum atomic E-state index is 1.02. The SMILES string of the molecule is CC(=CCCBr)c1ccnn1C. The van der Waals surface area contributed by atoms with Crippen LogP contribution in [0.15, 0.2) is 18.3 Å². The number of aryl methyl sites for hydroxylation is 1.